The summed E-state index contributed by atoms with van der Waals surface area (Å²) >= 11 is 3.70. The molecule has 2 amide bonds. The van der Waals surface area contributed by atoms with Gasteiger partial charge in [-0.15, -0.1) is 23.1 Å². The molecular formula is C22H19N6NaO7S3. The Labute approximate surface area is 256 Å². The van der Waals surface area contributed by atoms with Crippen LogP contribution in [0.3, 0.4) is 0 Å². The number of amides is 2. The van der Waals surface area contributed by atoms with Crippen molar-refractivity contribution in [3.05, 3.63) is 59.1 Å². The van der Waals surface area contributed by atoms with Crippen LogP contribution in [0.2, 0.25) is 0 Å². The van der Waals surface area contributed by atoms with Gasteiger partial charge < -0.3 is 35.7 Å². The predicted octanol–water partition coefficient (Wildman–Crippen LogP) is -5.27. The maximum absolute atomic E-state index is 13.0. The molecule has 2 aromatic heterocycles. The molecule has 198 valence electrons. The summed E-state index contributed by atoms with van der Waals surface area (Å²) in [5.74, 6) is -5.04. The average molecular weight is 599 g/mol. The summed E-state index contributed by atoms with van der Waals surface area (Å²) in [6.07, 6.45) is 1.87. The minimum Gasteiger partial charge on any atom is -0.543 e. The number of carboxylic acid groups (broad SMARTS) is 2. The van der Waals surface area contributed by atoms with Crippen molar-refractivity contribution in [1.29, 1.82) is 0 Å². The van der Waals surface area contributed by atoms with Gasteiger partial charge in [0, 0.05) is 29.0 Å². The monoisotopic (exact) mass is 598 g/mol. The van der Waals surface area contributed by atoms with E-state index in [0.717, 1.165) is 21.3 Å². The van der Waals surface area contributed by atoms with E-state index in [-0.39, 0.29) is 46.1 Å². The van der Waals surface area contributed by atoms with Crippen LogP contribution in [-0.4, -0.2) is 62.3 Å². The molecule has 17 heteroatoms. The Morgan fingerprint density at radius 1 is 1.38 bits per heavy atom. The molecule has 13 nitrogen and oxygen atoms in total. The van der Waals surface area contributed by atoms with Crippen molar-refractivity contribution in [2.45, 2.75) is 16.4 Å². The maximum atomic E-state index is 13.0. The molecule has 1 saturated heterocycles. The molecule has 1 fully saturated rings. The molecule has 4 heterocycles. The molecule has 3 N–H and O–H groups in total. The van der Waals surface area contributed by atoms with Gasteiger partial charge in [-0.3, -0.25) is 14.5 Å². The van der Waals surface area contributed by atoms with Gasteiger partial charge in [0.25, 0.3) is 11.8 Å². The Morgan fingerprint density at radius 2 is 2.13 bits per heavy atom. The fourth-order valence-corrected chi connectivity index (χ4v) is 6.57. The number of nitrogens with zero attached hydrogens (tertiary/aromatic N) is 4. The van der Waals surface area contributed by atoms with E-state index in [9.17, 15) is 29.4 Å². The van der Waals surface area contributed by atoms with E-state index >= 15 is 0 Å². The molecule has 0 spiro atoms. The zero-order chi connectivity index (χ0) is 27.6. The number of thioether (sulfide) groups is 2. The van der Waals surface area contributed by atoms with E-state index in [1.54, 1.807) is 0 Å². The molecular weight excluding hydrogens is 579 g/mol. The van der Waals surface area contributed by atoms with E-state index in [0.29, 0.717) is 17.1 Å². The number of aromatic nitrogens is 2. The van der Waals surface area contributed by atoms with Crippen molar-refractivity contribution < 1.29 is 68.4 Å². The van der Waals surface area contributed by atoms with Crippen molar-refractivity contribution in [3.8, 4) is 0 Å². The summed E-state index contributed by atoms with van der Waals surface area (Å²) in [6.45, 7) is 3.11. The first kappa shape index (κ1) is 30.6. The SMILES string of the molecule is C=C(ON=C(C(=O)N[C@@H]1C(=O)N2C(C(=O)[O-])=C(CSc3cccc[n+]3C)CS[C@H]12)c1csc(N)n1)C(=O)[O-].[Na+]. The van der Waals surface area contributed by atoms with Crippen LogP contribution in [0.1, 0.15) is 5.69 Å². The van der Waals surface area contributed by atoms with Gasteiger partial charge in [-0.25, -0.2) is 4.98 Å². The number of hydrogen-bond acceptors (Lipinski definition) is 13. The van der Waals surface area contributed by atoms with Gasteiger partial charge in [0.2, 0.25) is 5.03 Å². The van der Waals surface area contributed by atoms with E-state index < -0.39 is 46.6 Å². The number of nitrogens with two attached hydrogens (primary N) is 1. The number of rotatable bonds is 10. The first-order valence-corrected chi connectivity index (χ1v) is 13.6. The van der Waals surface area contributed by atoms with Crippen molar-refractivity contribution in [1.82, 2.24) is 15.2 Å². The summed E-state index contributed by atoms with van der Waals surface area (Å²) in [5, 5.41) is 30.6. The summed E-state index contributed by atoms with van der Waals surface area (Å²) in [4.78, 5) is 58.6. The van der Waals surface area contributed by atoms with E-state index in [1.807, 2.05) is 36.0 Å². The number of fused-ring (bicyclic) bond motifs is 1. The number of nitrogen functional groups attached to an aromatic ring is 1. The molecule has 0 saturated carbocycles. The molecule has 0 radical (unpaired) electrons. The molecule has 2 aliphatic heterocycles. The quantitative estimate of drug-likeness (QED) is 0.0388. The van der Waals surface area contributed by atoms with Gasteiger partial charge in [-0.05, 0) is 11.6 Å². The maximum Gasteiger partial charge on any atom is 1.00 e. The topological polar surface area (TPSA) is 194 Å². The first-order valence-electron chi connectivity index (χ1n) is 10.7. The Bertz CT molecular complexity index is 1410. The second-order valence-corrected chi connectivity index (χ2v) is 10.8. The number of thiazole rings is 1. The van der Waals surface area contributed by atoms with Gasteiger partial charge >= 0.3 is 29.6 Å². The first-order chi connectivity index (χ1) is 18.1. The molecule has 4 rings (SSSR count). The van der Waals surface area contributed by atoms with Crippen molar-refractivity contribution >= 4 is 69.5 Å². The molecule has 39 heavy (non-hydrogen) atoms. The summed E-state index contributed by atoms with van der Waals surface area (Å²) in [5.41, 5.74) is 5.43. The second kappa shape index (κ2) is 13.0. The molecule has 2 aromatic rings. The number of carbonyl (C=O) groups is 4. The molecule has 0 unspecified atom stereocenters. The van der Waals surface area contributed by atoms with Crippen molar-refractivity contribution in [2.24, 2.45) is 12.2 Å². The van der Waals surface area contributed by atoms with Gasteiger partial charge in [-0.1, -0.05) is 23.5 Å². The number of aliphatic carboxylic acids is 2. The third kappa shape index (κ3) is 6.64. The van der Waals surface area contributed by atoms with E-state index in [4.69, 9.17) is 5.73 Å². The fraction of sp³-hybridized carbons (Fsp3) is 0.227. The number of nitrogens with one attached hydrogen (secondary N) is 1. The summed E-state index contributed by atoms with van der Waals surface area (Å²) < 4.78 is 1.89. The van der Waals surface area contributed by atoms with E-state index in [2.05, 4.69) is 26.9 Å². The zero-order valence-corrected chi connectivity index (χ0v) is 25.1. The molecule has 2 atom stereocenters. The summed E-state index contributed by atoms with van der Waals surface area (Å²) in [7, 11) is 1.87. The number of aryl methyl sites for hydroxylation is 1. The number of hydrogen-bond donors (Lipinski definition) is 2. The molecule has 2 aliphatic rings. The van der Waals surface area contributed by atoms with Crippen LogP contribution in [-0.2, 0) is 31.1 Å². The van der Waals surface area contributed by atoms with Crippen LogP contribution in [0.15, 0.2) is 63.6 Å². The summed E-state index contributed by atoms with van der Waals surface area (Å²) in [6, 6.07) is 4.54. The normalized spacial score (nSPS) is 18.4. The number of carbonyl (C=O) groups excluding carboxylic acids is 4. The van der Waals surface area contributed by atoms with Crippen LogP contribution in [0, 0.1) is 0 Å². The smallest absolute Gasteiger partial charge is 0.543 e. The van der Waals surface area contributed by atoms with Crippen LogP contribution in [0.4, 0.5) is 5.13 Å². The third-order valence-corrected chi connectivity index (χ3v) is 8.61. The Morgan fingerprint density at radius 3 is 2.74 bits per heavy atom. The third-order valence-electron chi connectivity index (χ3n) is 5.38. The van der Waals surface area contributed by atoms with Crippen LogP contribution in [0.25, 0.3) is 0 Å². The largest absolute Gasteiger partial charge is 1.00 e. The molecule has 0 aliphatic carbocycles. The second-order valence-electron chi connectivity index (χ2n) is 7.85. The van der Waals surface area contributed by atoms with Crippen LogP contribution in [0.5, 0.6) is 0 Å². The fourth-order valence-electron chi connectivity index (χ4n) is 3.55. The van der Waals surface area contributed by atoms with Gasteiger partial charge in [0.1, 0.15) is 30.1 Å². The van der Waals surface area contributed by atoms with Crippen LogP contribution >= 0.6 is 34.9 Å². The standard InChI is InChI=1S/C22H20N6O7S3.Na/c1-10(20(31)32)35-26-14(12-9-38-22(23)24-12)17(29)25-15-18(30)28-16(21(33)34)11(8-37-19(15)28)7-36-13-5-3-4-6-27(13)2;/h3-6,9,15,19H,1,7-8H2,2H3,(H4-,23,24,25,29,31,32,33,34);/q;+1/p-1/t15-,19-;/m1./s1. The average Bonchev–Trinajstić information content (AvgIpc) is 3.31. The Kier molecular flexibility index (Phi) is 10.2. The van der Waals surface area contributed by atoms with Gasteiger partial charge in [-0.2, -0.15) is 4.57 Å². The molecule has 0 aromatic carbocycles. The van der Waals surface area contributed by atoms with Crippen molar-refractivity contribution in [3.63, 3.8) is 0 Å². The number of anilines is 1. The Hall–Kier alpha value is -2.89. The minimum atomic E-state index is -1.74. The van der Waals surface area contributed by atoms with Gasteiger partial charge in [0.15, 0.2) is 22.8 Å². The minimum absolute atomic E-state index is 0. The number of β-lactam (4-membered cyclic amide) rings is 1. The number of carboxylic acids is 2. The van der Waals surface area contributed by atoms with Crippen LogP contribution < -0.4 is 55.4 Å². The predicted molar refractivity (Wildman–Crippen MR) is 134 cm³/mol. The Balaban J connectivity index is 0.00000420. The number of oxime groups is 1. The van der Waals surface area contributed by atoms with Gasteiger partial charge in [0.05, 0.1) is 11.7 Å². The van der Waals surface area contributed by atoms with Crippen molar-refractivity contribution in [2.75, 3.05) is 17.2 Å². The molecule has 0 bridgehead atoms. The number of pyridine rings is 1. The van der Waals surface area contributed by atoms with E-state index in [1.165, 1.54) is 28.9 Å². The zero-order valence-electron chi connectivity index (χ0n) is 20.6.